The van der Waals surface area contributed by atoms with Gasteiger partial charge in [0.1, 0.15) is 0 Å². The van der Waals surface area contributed by atoms with Gasteiger partial charge in [-0.25, -0.2) is 0 Å². The van der Waals surface area contributed by atoms with Crippen LogP contribution in [0.25, 0.3) is 10.8 Å². The standard InChI is InChI=1S/C14H19N3OS/c1-2-11-5-7-19-13(11)14-16-12(17-18-14)8-10-4-3-6-15-9-10/h5,7,10,15H,2-4,6,8-9H2,1H3. The average Bonchev–Trinajstić information content (AvgIpc) is 3.07. The third-order valence-electron chi connectivity index (χ3n) is 3.66. The maximum Gasteiger partial charge on any atom is 0.268 e. The van der Waals surface area contributed by atoms with E-state index in [0.29, 0.717) is 11.8 Å². The monoisotopic (exact) mass is 277 g/mol. The van der Waals surface area contributed by atoms with E-state index in [1.54, 1.807) is 11.3 Å². The normalized spacial score (nSPS) is 19.7. The molecule has 1 atom stereocenters. The van der Waals surface area contributed by atoms with Gasteiger partial charge in [0.15, 0.2) is 5.82 Å². The lowest BCUT2D eigenvalue weighted by atomic mass is 9.96. The minimum atomic E-state index is 0.646. The van der Waals surface area contributed by atoms with E-state index in [4.69, 9.17) is 4.52 Å². The van der Waals surface area contributed by atoms with Gasteiger partial charge < -0.3 is 9.84 Å². The molecule has 1 saturated heterocycles. The molecule has 1 aliphatic rings. The highest BCUT2D eigenvalue weighted by Crippen LogP contribution is 2.29. The number of rotatable bonds is 4. The molecule has 1 fully saturated rings. The Morgan fingerprint density at radius 3 is 3.26 bits per heavy atom. The zero-order chi connectivity index (χ0) is 13.1. The van der Waals surface area contributed by atoms with Crippen molar-refractivity contribution in [1.29, 1.82) is 0 Å². The fourth-order valence-corrected chi connectivity index (χ4v) is 3.50. The second-order valence-electron chi connectivity index (χ2n) is 5.06. The van der Waals surface area contributed by atoms with Crippen LogP contribution >= 0.6 is 11.3 Å². The molecule has 4 nitrogen and oxygen atoms in total. The summed E-state index contributed by atoms with van der Waals surface area (Å²) in [7, 11) is 0. The van der Waals surface area contributed by atoms with Crippen molar-refractivity contribution in [2.45, 2.75) is 32.6 Å². The van der Waals surface area contributed by atoms with Gasteiger partial charge in [0.25, 0.3) is 5.89 Å². The van der Waals surface area contributed by atoms with E-state index in [-0.39, 0.29) is 0 Å². The Balaban J connectivity index is 1.72. The molecule has 0 spiro atoms. The third kappa shape index (κ3) is 2.87. The molecule has 2 aromatic rings. The Kier molecular flexibility index (Phi) is 3.94. The van der Waals surface area contributed by atoms with Crippen molar-refractivity contribution in [2.24, 2.45) is 5.92 Å². The van der Waals surface area contributed by atoms with Crippen LogP contribution in [0.5, 0.6) is 0 Å². The second-order valence-corrected chi connectivity index (χ2v) is 5.98. The van der Waals surface area contributed by atoms with Crippen LogP contribution in [0.3, 0.4) is 0 Å². The van der Waals surface area contributed by atoms with Gasteiger partial charge in [-0.15, -0.1) is 11.3 Å². The quantitative estimate of drug-likeness (QED) is 0.933. The van der Waals surface area contributed by atoms with Crippen LogP contribution in [-0.2, 0) is 12.8 Å². The minimum Gasteiger partial charge on any atom is -0.333 e. The zero-order valence-electron chi connectivity index (χ0n) is 11.2. The van der Waals surface area contributed by atoms with Crippen molar-refractivity contribution in [1.82, 2.24) is 15.5 Å². The average molecular weight is 277 g/mol. The Labute approximate surface area is 117 Å². The maximum atomic E-state index is 5.42. The Bertz CT molecular complexity index is 528. The first-order valence-electron chi connectivity index (χ1n) is 6.97. The number of piperidine rings is 1. The number of aryl methyl sites for hydroxylation is 1. The van der Waals surface area contributed by atoms with Gasteiger partial charge in [0, 0.05) is 6.42 Å². The zero-order valence-corrected chi connectivity index (χ0v) is 12.0. The first-order valence-corrected chi connectivity index (χ1v) is 7.85. The summed E-state index contributed by atoms with van der Waals surface area (Å²) < 4.78 is 5.42. The van der Waals surface area contributed by atoms with E-state index < -0.39 is 0 Å². The SMILES string of the molecule is CCc1ccsc1-c1nc(CC2CCCNC2)no1. The van der Waals surface area contributed by atoms with Gasteiger partial charge in [-0.3, -0.25) is 0 Å². The molecule has 1 N–H and O–H groups in total. The summed E-state index contributed by atoms with van der Waals surface area (Å²) in [5, 5.41) is 9.64. The topological polar surface area (TPSA) is 51.0 Å². The summed E-state index contributed by atoms with van der Waals surface area (Å²) >= 11 is 1.68. The first kappa shape index (κ1) is 12.8. The molecule has 0 aromatic carbocycles. The summed E-state index contributed by atoms with van der Waals surface area (Å²) in [6.45, 7) is 4.36. The molecule has 3 heterocycles. The van der Waals surface area contributed by atoms with Crippen LogP contribution in [0.1, 0.15) is 31.2 Å². The molecule has 102 valence electrons. The van der Waals surface area contributed by atoms with Gasteiger partial charge in [-0.1, -0.05) is 12.1 Å². The van der Waals surface area contributed by atoms with Gasteiger partial charge in [-0.2, -0.15) is 4.98 Å². The smallest absolute Gasteiger partial charge is 0.268 e. The van der Waals surface area contributed by atoms with Crippen LogP contribution in [0.2, 0.25) is 0 Å². The summed E-state index contributed by atoms with van der Waals surface area (Å²) in [6, 6.07) is 2.13. The number of thiophene rings is 1. The molecule has 0 aliphatic carbocycles. The van der Waals surface area contributed by atoms with Crippen molar-refractivity contribution in [3.05, 3.63) is 22.8 Å². The minimum absolute atomic E-state index is 0.646. The number of hydrogen-bond donors (Lipinski definition) is 1. The van der Waals surface area contributed by atoms with Crippen LogP contribution in [0.15, 0.2) is 16.0 Å². The van der Waals surface area contributed by atoms with Gasteiger partial charge >= 0.3 is 0 Å². The number of aromatic nitrogens is 2. The van der Waals surface area contributed by atoms with E-state index in [1.165, 1.54) is 18.4 Å². The Morgan fingerprint density at radius 1 is 1.53 bits per heavy atom. The fourth-order valence-electron chi connectivity index (χ4n) is 2.59. The van der Waals surface area contributed by atoms with E-state index in [2.05, 4.69) is 33.8 Å². The molecule has 0 radical (unpaired) electrons. The van der Waals surface area contributed by atoms with Gasteiger partial charge in [-0.05, 0) is 55.3 Å². The number of nitrogens with zero attached hydrogens (tertiary/aromatic N) is 2. The lowest BCUT2D eigenvalue weighted by Crippen LogP contribution is -2.31. The summed E-state index contributed by atoms with van der Waals surface area (Å²) in [6.07, 6.45) is 4.43. The van der Waals surface area contributed by atoms with Crippen LogP contribution < -0.4 is 5.32 Å². The number of hydrogen-bond acceptors (Lipinski definition) is 5. The molecular formula is C14H19N3OS. The molecule has 5 heteroatoms. The van der Waals surface area contributed by atoms with Gasteiger partial charge in [0.05, 0.1) is 4.88 Å². The first-order chi connectivity index (χ1) is 9.36. The highest BCUT2D eigenvalue weighted by atomic mass is 32.1. The largest absolute Gasteiger partial charge is 0.333 e. The summed E-state index contributed by atoms with van der Waals surface area (Å²) in [5.41, 5.74) is 1.29. The van der Waals surface area contributed by atoms with Crippen molar-refractivity contribution < 1.29 is 4.52 Å². The third-order valence-corrected chi connectivity index (χ3v) is 4.60. The lowest BCUT2D eigenvalue weighted by molar-refractivity contribution is 0.360. The molecular weight excluding hydrogens is 258 g/mol. The molecule has 0 saturated carbocycles. The molecule has 0 bridgehead atoms. The second kappa shape index (κ2) is 5.84. The summed E-state index contributed by atoms with van der Waals surface area (Å²) in [5.74, 6) is 2.18. The predicted molar refractivity (Wildman–Crippen MR) is 76.3 cm³/mol. The van der Waals surface area contributed by atoms with Crippen molar-refractivity contribution >= 4 is 11.3 Å². The lowest BCUT2D eigenvalue weighted by Gasteiger charge is -2.20. The fraction of sp³-hybridized carbons (Fsp3) is 0.571. The number of nitrogens with one attached hydrogen (secondary N) is 1. The predicted octanol–water partition coefficient (Wildman–Crippen LogP) is 2.90. The summed E-state index contributed by atoms with van der Waals surface area (Å²) in [4.78, 5) is 5.69. The Hall–Kier alpha value is -1.20. The van der Waals surface area contributed by atoms with E-state index in [1.807, 2.05) is 0 Å². The highest BCUT2D eigenvalue weighted by Gasteiger charge is 2.18. The van der Waals surface area contributed by atoms with Crippen LogP contribution in [0.4, 0.5) is 0 Å². The molecule has 19 heavy (non-hydrogen) atoms. The van der Waals surface area contributed by atoms with E-state index in [0.717, 1.165) is 36.6 Å². The molecule has 3 rings (SSSR count). The Morgan fingerprint density at radius 2 is 2.47 bits per heavy atom. The molecule has 0 amide bonds. The molecule has 1 aliphatic heterocycles. The van der Waals surface area contributed by atoms with E-state index >= 15 is 0 Å². The van der Waals surface area contributed by atoms with Crippen molar-refractivity contribution in [3.63, 3.8) is 0 Å². The van der Waals surface area contributed by atoms with E-state index in [9.17, 15) is 0 Å². The maximum absolute atomic E-state index is 5.42. The highest BCUT2D eigenvalue weighted by molar-refractivity contribution is 7.13. The molecule has 2 aromatic heterocycles. The van der Waals surface area contributed by atoms with Gasteiger partial charge in [0.2, 0.25) is 0 Å². The molecule has 1 unspecified atom stereocenters. The van der Waals surface area contributed by atoms with Crippen LogP contribution in [0, 0.1) is 5.92 Å². The van der Waals surface area contributed by atoms with Crippen molar-refractivity contribution in [3.8, 4) is 10.8 Å². The van der Waals surface area contributed by atoms with Crippen LogP contribution in [-0.4, -0.2) is 23.2 Å². The van der Waals surface area contributed by atoms with Crippen molar-refractivity contribution in [2.75, 3.05) is 13.1 Å².